The average molecular weight is 346 g/mol. The van der Waals surface area contributed by atoms with Crippen molar-refractivity contribution in [3.05, 3.63) is 53.2 Å². The lowest BCUT2D eigenvalue weighted by Gasteiger charge is -2.28. The average Bonchev–Trinajstić information content (AvgIpc) is 2.59. The van der Waals surface area contributed by atoms with Crippen molar-refractivity contribution < 1.29 is 9.53 Å². The summed E-state index contributed by atoms with van der Waals surface area (Å²) in [7, 11) is 2.12. The van der Waals surface area contributed by atoms with Crippen molar-refractivity contribution in [2.24, 2.45) is 0 Å². The van der Waals surface area contributed by atoms with E-state index in [-0.39, 0.29) is 12.0 Å². The predicted molar refractivity (Wildman–Crippen MR) is 94.8 cm³/mol. The highest BCUT2D eigenvalue weighted by Crippen LogP contribution is 2.19. The Morgan fingerprint density at radius 1 is 1.29 bits per heavy atom. The number of halogens is 1. The van der Waals surface area contributed by atoms with Crippen LogP contribution in [0.2, 0.25) is 5.02 Å². The molecule has 24 heavy (non-hydrogen) atoms. The number of ether oxygens (including phenoxy) is 1. The van der Waals surface area contributed by atoms with Crippen LogP contribution in [0.25, 0.3) is 0 Å². The Morgan fingerprint density at radius 2 is 2.08 bits per heavy atom. The zero-order valence-corrected chi connectivity index (χ0v) is 14.3. The van der Waals surface area contributed by atoms with E-state index in [1.54, 1.807) is 42.6 Å². The lowest BCUT2D eigenvalue weighted by molar-refractivity contribution is 0.102. The molecule has 1 aliphatic rings. The Balaban J connectivity index is 1.57. The third kappa shape index (κ3) is 4.46. The summed E-state index contributed by atoms with van der Waals surface area (Å²) >= 11 is 5.90. The number of anilines is 1. The lowest BCUT2D eigenvalue weighted by Crippen LogP contribution is -2.35. The van der Waals surface area contributed by atoms with Crippen LogP contribution in [0.15, 0.2) is 42.6 Å². The summed E-state index contributed by atoms with van der Waals surface area (Å²) in [5.74, 6) is 0.369. The number of hydrogen-bond donors (Lipinski definition) is 1. The number of aromatic nitrogens is 1. The van der Waals surface area contributed by atoms with Crippen LogP contribution >= 0.6 is 11.6 Å². The number of nitrogens with zero attached hydrogens (tertiary/aromatic N) is 2. The number of carbonyl (C=O) groups is 1. The molecule has 0 radical (unpaired) electrons. The molecule has 1 aromatic heterocycles. The van der Waals surface area contributed by atoms with Crippen LogP contribution in [-0.4, -0.2) is 42.0 Å². The topological polar surface area (TPSA) is 54.5 Å². The van der Waals surface area contributed by atoms with E-state index in [4.69, 9.17) is 16.3 Å². The first kappa shape index (κ1) is 16.7. The molecule has 1 saturated heterocycles. The maximum absolute atomic E-state index is 12.2. The highest BCUT2D eigenvalue weighted by atomic mass is 35.5. The minimum atomic E-state index is -0.219. The SMILES string of the molecule is CN1CCC(Oc2ccc(NC(=O)c3cccc(Cl)c3)cn2)CC1. The van der Waals surface area contributed by atoms with E-state index in [1.165, 1.54) is 0 Å². The molecule has 1 amide bonds. The molecule has 2 aromatic rings. The van der Waals surface area contributed by atoms with Gasteiger partial charge in [0.15, 0.2) is 0 Å². The standard InChI is InChI=1S/C18H20ClN3O2/c1-22-9-7-16(8-10-22)24-17-6-5-15(12-20-17)21-18(23)13-3-2-4-14(19)11-13/h2-6,11-12,16H,7-10H2,1H3,(H,21,23). The van der Waals surface area contributed by atoms with E-state index in [1.807, 2.05) is 0 Å². The van der Waals surface area contributed by atoms with Crippen LogP contribution < -0.4 is 10.1 Å². The number of carbonyl (C=O) groups excluding carboxylic acids is 1. The Morgan fingerprint density at radius 3 is 2.75 bits per heavy atom. The van der Waals surface area contributed by atoms with Gasteiger partial charge in [-0.05, 0) is 44.2 Å². The molecule has 0 aliphatic carbocycles. The number of rotatable bonds is 4. The maximum Gasteiger partial charge on any atom is 0.255 e. The molecular weight excluding hydrogens is 326 g/mol. The summed E-state index contributed by atoms with van der Waals surface area (Å²) in [4.78, 5) is 18.7. The fourth-order valence-electron chi connectivity index (χ4n) is 2.63. The van der Waals surface area contributed by atoms with E-state index in [9.17, 15) is 4.79 Å². The van der Waals surface area contributed by atoms with Gasteiger partial charge in [0.2, 0.25) is 5.88 Å². The molecule has 3 rings (SSSR count). The molecule has 6 heteroatoms. The monoisotopic (exact) mass is 345 g/mol. The van der Waals surface area contributed by atoms with Crippen LogP contribution in [0, 0.1) is 0 Å². The van der Waals surface area contributed by atoms with Crippen molar-refractivity contribution >= 4 is 23.2 Å². The van der Waals surface area contributed by atoms with Gasteiger partial charge in [-0.1, -0.05) is 17.7 Å². The first-order valence-corrected chi connectivity index (χ1v) is 8.36. The fourth-order valence-corrected chi connectivity index (χ4v) is 2.82. The van der Waals surface area contributed by atoms with Gasteiger partial charge in [0.25, 0.3) is 5.91 Å². The Kier molecular flexibility index (Phi) is 5.33. The van der Waals surface area contributed by atoms with E-state index in [0.717, 1.165) is 25.9 Å². The van der Waals surface area contributed by atoms with Crippen LogP contribution in [0.5, 0.6) is 5.88 Å². The van der Waals surface area contributed by atoms with Crippen molar-refractivity contribution in [3.8, 4) is 5.88 Å². The molecule has 0 spiro atoms. The van der Waals surface area contributed by atoms with Crippen molar-refractivity contribution in [1.29, 1.82) is 0 Å². The number of nitrogens with one attached hydrogen (secondary N) is 1. The zero-order valence-electron chi connectivity index (χ0n) is 13.5. The molecule has 0 atom stereocenters. The van der Waals surface area contributed by atoms with Crippen LogP contribution in [0.3, 0.4) is 0 Å². The Bertz CT molecular complexity index is 698. The second-order valence-electron chi connectivity index (χ2n) is 5.97. The summed E-state index contributed by atoms with van der Waals surface area (Å²) in [6.45, 7) is 2.08. The summed E-state index contributed by atoms with van der Waals surface area (Å²) < 4.78 is 5.90. The highest BCUT2D eigenvalue weighted by Gasteiger charge is 2.18. The molecule has 0 bridgehead atoms. The Labute approximate surface area is 146 Å². The van der Waals surface area contributed by atoms with Crippen LogP contribution in [-0.2, 0) is 0 Å². The maximum atomic E-state index is 12.2. The lowest BCUT2D eigenvalue weighted by atomic mass is 10.1. The minimum Gasteiger partial charge on any atom is -0.474 e. The highest BCUT2D eigenvalue weighted by molar-refractivity contribution is 6.31. The fraction of sp³-hybridized carbons (Fsp3) is 0.333. The molecule has 0 unspecified atom stereocenters. The van der Waals surface area contributed by atoms with E-state index in [2.05, 4.69) is 22.2 Å². The number of piperidine rings is 1. The van der Waals surface area contributed by atoms with E-state index in [0.29, 0.717) is 22.2 Å². The largest absolute Gasteiger partial charge is 0.474 e. The summed E-state index contributed by atoms with van der Waals surface area (Å²) in [5, 5.41) is 3.33. The summed E-state index contributed by atoms with van der Waals surface area (Å²) in [6.07, 6.45) is 3.82. The van der Waals surface area contributed by atoms with Crippen LogP contribution in [0.1, 0.15) is 23.2 Å². The molecule has 1 aromatic carbocycles. The second-order valence-corrected chi connectivity index (χ2v) is 6.41. The molecule has 2 heterocycles. The van der Waals surface area contributed by atoms with Gasteiger partial charge in [-0.2, -0.15) is 0 Å². The molecule has 1 aliphatic heterocycles. The number of likely N-dealkylation sites (tertiary alicyclic amines) is 1. The number of benzene rings is 1. The van der Waals surface area contributed by atoms with Gasteiger partial charge in [0.1, 0.15) is 6.10 Å². The van der Waals surface area contributed by atoms with Gasteiger partial charge in [-0.15, -0.1) is 0 Å². The zero-order chi connectivity index (χ0) is 16.9. The predicted octanol–water partition coefficient (Wildman–Crippen LogP) is 3.46. The smallest absolute Gasteiger partial charge is 0.255 e. The molecule has 1 fully saturated rings. The van der Waals surface area contributed by atoms with Gasteiger partial charge >= 0.3 is 0 Å². The van der Waals surface area contributed by atoms with Crippen molar-refractivity contribution in [2.45, 2.75) is 18.9 Å². The van der Waals surface area contributed by atoms with Crippen LogP contribution in [0.4, 0.5) is 5.69 Å². The van der Waals surface area contributed by atoms with Gasteiger partial charge in [0, 0.05) is 29.7 Å². The van der Waals surface area contributed by atoms with Gasteiger partial charge in [-0.25, -0.2) is 4.98 Å². The van der Waals surface area contributed by atoms with E-state index < -0.39 is 0 Å². The van der Waals surface area contributed by atoms with E-state index >= 15 is 0 Å². The number of pyridine rings is 1. The van der Waals surface area contributed by atoms with Gasteiger partial charge in [-0.3, -0.25) is 4.79 Å². The van der Waals surface area contributed by atoms with Gasteiger partial charge in [0.05, 0.1) is 11.9 Å². The molecule has 126 valence electrons. The van der Waals surface area contributed by atoms with Crippen molar-refractivity contribution in [1.82, 2.24) is 9.88 Å². The second kappa shape index (κ2) is 7.64. The first-order chi connectivity index (χ1) is 11.6. The molecule has 0 saturated carbocycles. The molecule has 1 N–H and O–H groups in total. The minimum absolute atomic E-state index is 0.209. The molecule has 5 nitrogen and oxygen atoms in total. The summed E-state index contributed by atoms with van der Waals surface area (Å²) in [6, 6.07) is 10.4. The number of hydrogen-bond acceptors (Lipinski definition) is 4. The van der Waals surface area contributed by atoms with Crippen molar-refractivity contribution in [2.75, 3.05) is 25.5 Å². The third-order valence-electron chi connectivity index (χ3n) is 4.03. The summed E-state index contributed by atoms with van der Waals surface area (Å²) in [5.41, 5.74) is 1.13. The third-order valence-corrected chi connectivity index (χ3v) is 4.27. The Hall–Kier alpha value is -2.11. The quantitative estimate of drug-likeness (QED) is 0.922. The van der Waals surface area contributed by atoms with Gasteiger partial charge < -0.3 is 15.0 Å². The first-order valence-electron chi connectivity index (χ1n) is 7.98. The molecular formula is C18H20ClN3O2. The number of amides is 1. The normalized spacial score (nSPS) is 15.9. The van der Waals surface area contributed by atoms with Crippen molar-refractivity contribution in [3.63, 3.8) is 0 Å².